The number of carbonyl (C=O) groups is 2. The number of hydrogen-bond donors (Lipinski definition) is 2. The van der Waals surface area contributed by atoms with Crippen LogP contribution in [0.4, 0.5) is 15.1 Å². The molecule has 0 bridgehead atoms. The minimum atomic E-state index is -4.71. The molecule has 0 fully saturated rings. The fraction of sp³-hybridized carbons (Fsp3) is 0.312. The average molecular weight is 459 g/mol. The molecule has 0 spiro atoms. The fourth-order valence-corrected chi connectivity index (χ4v) is 3.21. The van der Waals surface area contributed by atoms with E-state index >= 15 is 0 Å². The van der Waals surface area contributed by atoms with E-state index in [1.165, 1.54) is 21.3 Å². The summed E-state index contributed by atoms with van der Waals surface area (Å²) in [5, 5.41) is 2.04. The molecule has 0 aliphatic rings. The van der Waals surface area contributed by atoms with Crippen molar-refractivity contribution in [2.75, 3.05) is 39.9 Å². The van der Waals surface area contributed by atoms with Gasteiger partial charge in [-0.05, 0) is 12.1 Å². The Morgan fingerprint density at radius 3 is 2.26 bits per heavy atom. The molecule has 0 radical (unpaired) electrons. The maximum absolute atomic E-state index is 14.2. The standard InChI is InChI=1S/C16H18FN5O8S/c1-27-7-8-30-12(23)11-9(17)5-4-6-10(11)31(25,26)22-14(24)18-13-19-15(28-2)21-16(20-13)29-3/h4-6H,7-8H2,1-3H3,(H2,18,19,20,21,22,24). The number of amides is 2. The molecule has 0 aliphatic carbocycles. The van der Waals surface area contributed by atoms with E-state index in [2.05, 4.69) is 15.0 Å². The molecular formula is C16H18FN5O8S. The molecule has 168 valence electrons. The zero-order chi connectivity index (χ0) is 23.0. The van der Waals surface area contributed by atoms with Crippen LogP contribution in [0, 0.1) is 5.82 Å². The molecule has 1 aromatic heterocycles. The Balaban J connectivity index is 2.25. The van der Waals surface area contributed by atoms with Gasteiger partial charge in [-0.15, -0.1) is 4.98 Å². The van der Waals surface area contributed by atoms with Crippen LogP contribution < -0.4 is 19.5 Å². The van der Waals surface area contributed by atoms with Crippen LogP contribution in [0.15, 0.2) is 23.1 Å². The van der Waals surface area contributed by atoms with E-state index in [0.717, 1.165) is 18.2 Å². The molecule has 0 saturated carbocycles. The average Bonchev–Trinajstić information content (AvgIpc) is 2.72. The van der Waals surface area contributed by atoms with Gasteiger partial charge in [0.15, 0.2) is 0 Å². The van der Waals surface area contributed by atoms with Crippen molar-refractivity contribution < 1.29 is 41.3 Å². The van der Waals surface area contributed by atoms with Crippen LogP contribution in [-0.4, -0.2) is 69.9 Å². The quantitative estimate of drug-likeness (QED) is 0.392. The molecular weight excluding hydrogens is 441 g/mol. The number of nitrogens with zero attached hydrogens (tertiary/aromatic N) is 3. The summed E-state index contributed by atoms with van der Waals surface area (Å²) in [5.74, 6) is -2.80. The van der Waals surface area contributed by atoms with Gasteiger partial charge in [-0.3, -0.25) is 5.32 Å². The maximum atomic E-state index is 14.2. The molecule has 2 aromatic rings. The van der Waals surface area contributed by atoms with Crippen LogP contribution in [0.5, 0.6) is 12.0 Å². The topological polar surface area (TPSA) is 168 Å². The number of nitrogens with one attached hydrogen (secondary N) is 2. The lowest BCUT2D eigenvalue weighted by Gasteiger charge is -2.12. The SMILES string of the molecule is COCCOC(=O)c1c(F)cccc1S(=O)(=O)NC(=O)Nc1nc(OC)nc(OC)n1. The van der Waals surface area contributed by atoms with E-state index in [4.69, 9.17) is 18.9 Å². The Bertz CT molecular complexity index is 1040. The van der Waals surface area contributed by atoms with Crippen LogP contribution in [0.2, 0.25) is 0 Å². The Morgan fingerprint density at radius 1 is 1.03 bits per heavy atom. The van der Waals surface area contributed by atoms with E-state index in [-0.39, 0.29) is 25.2 Å². The number of carbonyl (C=O) groups excluding carboxylic acids is 2. The first kappa shape index (κ1) is 23.7. The van der Waals surface area contributed by atoms with Crippen molar-refractivity contribution in [3.63, 3.8) is 0 Å². The second-order valence-corrected chi connectivity index (χ2v) is 7.08. The number of sulfonamides is 1. The number of rotatable bonds is 9. The summed E-state index contributed by atoms with van der Waals surface area (Å²) < 4.78 is 60.2. The van der Waals surface area contributed by atoms with Crippen molar-refractivity contribution in [2.45, 2.75) is 4.90 Å². The number of aromatic nitrogens is 3. The molecule has 15 heteroatoms. The van der Waals surface area contributed by atoms with E-state index in [1.54, 1.807) is 4.72 Å². The lowest BCUT2D eigenvalue weighted by atomic mass is 10.2. The molecule has 0 atom stereocenters. The third-order valence-corrected chi connectivity index (χ3v) is 4.77. The molecule has 1 heterocycles. The van der Waals surface area contributed by atoms with Gasteiger partial charge in [-0.2, -0.15) is 9.97 Å². The van der Waals surface area contributed by atoms with E-state index in [0.29, 0.717) is 0 Å². The van der Waals surface area contributed by atoms with Crippen molar-refractivity contribution >= 4 is 28.0 Å². The normalized spacial score (nSPS) is 10.8. The number of halogens is 1. The molecule has 31 heavy (non-hydrogen) atoms. The summed E-state index contributed by atoms with van der Waals surface area (Å²) in [5.41, 5.74) is -0.873. The monoisotopic (exact) mass is 459 g/mol. The second-order valence-electron chi connectivity index (χ2n) is 5.43. The molecule has 2 amide bonds. The van der Waals surface area contributed by atoms with Gasteiger partial charge in [0.1, 0.15) is 22.9 Å². The Hall–Kier alpha value is -3.59. The molecule has 2 N–H and O–H groups in total. The van der Waals surface area contributed by atoms with Gasteiger partial charge in [0.25, 0.3) is 10.0 Å². The highest BCUT2D eigenvalue weighted by atomic mass is 32.2. The highest BCUT2D eigenvalue weighted by molar-refractivity contribution is 7.90. The lowest BCUT2D eigenvalue weighted by Crippen LogP contribution is -2.36. The van der Waals surface area contributed by atoms with E-state index in [1.807, 2.05) is 5.32 Å². The van der Waals surface area contributed by atoms with Gasteiger partial charge >= 0.3 is 24.0 Å². The first-order valence-electron chi connectivity index (χ1n) is 8.34. The Kier molecular flexibility index (Phi) is 7.98. The lowest BCUT2D eigenvalue weighted by molar-refractivity contribution is 0.0378. The van der Waals surface area contributed by atoms with Crippen LogP contribution in [0.25, 0.3) is 0 Å². The first-order valence-corrected chi connectivity index (χ1v) is 9.82. The predicted molar refractivity (Wildman–Crippen MR) is 101 cm³/mol. The number of benzene rings is 1. The highest BCUT2D eigenvalue weighted by Gasteiger charge is 2.28. The van der Waals surface area contributed by atoms with Gasteiger partial charge in [0.05, 0.1) is 20.8 Å². The number of anilines is 1. The summed E-state index contributed by atoms with van der Waals surface area (Å²) in [6, 6.07) is 1.12. The summed E-state index contributed by atoms with van der Waals surface area (Å²) in [6.45, 7) is -0.220. The number of methoxy groups -OCH3 is 3. The summed E-state index contributed by atoms with van der Waals surface area (Å²) in [6.07, 6.45) is 0. The third kappa shape index (κ3) is 6.19. The van der Waals surface area contributed by atoms with E-state index < -0.39 is 44.2 Å². The minimum Gasteiger partial charge on any atom is -0.467 e. The molecule has 0 unspecified atom stereocenters. The van der Waals surface area contributed by atoms with Crippen LogP contribution in [-0.2, 0) is 19.5 Å². The van der Waals surface area contributed by atoms with Crippen molar-refractivity contribution in [2.24, 2.45) is 0 Å². The number of ether oxygens (including phenoxy) is 4. The molecule has 13 nitrogen and oxygen atoms in total. The van der Waals surface area contributed by atoms with Crippen molar-refractivity contribution in [3.05, 3.63) is 29.6 Å². The van der Waals surface area contributed by atoms with Crippen LogP contribution in [0.3, 0.4) is 0 Å². The third-order valence-electron chi connectivity index (χ3n) is 3.40. The largest absolute Gasteiger partial charge is 0.467 e. The molecule has 1 aromatic carbocycles. The number of hydrogen-bond acceptors (Lipinski definition) is 11. The summed E-state index contributed by atoms with van der Waals surface area (Å²) in [7, 11) is -0.853. The van der Waals surface area contributed by atoms with Crippen molar-refractivity contribution in [3.8, 4) is 12.0 Å². The number of urea groups is 1. The van der Waals surface area contributed by atoms with Gasteiger partial charge in [0.2, 0.25) is 5.95 Å². The van der Waals surface area contributed by atoms with Crippen LogP contribution in [0.1, 0.15) is 10.4 Å². The minimum absolute atomic E-state index is 0.0157. The zero-order valence-electron chi connectivity index (χ0n) is 16.5. The Labute approximate surface area is 176 Å². The molecule has 2 rings (SSSR count). The van der Waals surface area contributed by atoms with Crippen molar-refractivity contribution in [1.82, 2.24) is 19.7 Å². The number of esters is 1. The molecule has 0 saturated heterocycles. The van der Waals surface area contributed by atoms with Gasteiger partial charge in [-0.1, -0.05) is 6.07 Å². The zero-order valence-corrected chi connectivity index (χ0v) is 17.4. The summed E-state index contributed by atoms with van der Waals surface area (Å²) >= 11 is 0. The molecule has 0 aliphatic heterocycles. The maximum Gasteiger partial charge on any atom is 0.342 e. The van der Waals surface area contributed by atoms with Crippen molar-refractivity contribution in [1.29, 1.82) is 0 Å². The fourth-order valence-electron chi connectivity index (χ4n) is 2.10. The smallest absolute Gasteiger partial charge is 0.342 e. The second kappa shape index (κ2) is 10.4. The summed E-state index contributed by atoms with van der Waals surface area (Å²) in [4.78, 5) is 34.6. The van der Waals surface area contributed by atoms with Gasteiger partial charge < -0.3 is 18.9 Å². The van der Waals surface area contributed by atoms with Gasteiger partial charge in [-0.25, -0.2) is 27.1 Å². The Morgan fingerprint density at radius 2 is 1.68 bits per heavy atom. The van der Waals surface area contributed by atoms with Gasteiger partial charge in [0, 0.05) is 7.11 Å². The van der Waals surface area contributed by atoms with E-state index in [9.17, 15) is 22.4 Å². The van der Waals surface area contributed by atoms with Crippen LogP contribution >= 0.6 is 0 Å². The first-order chi connectivity index (χ1) is 14.7. The highest BCUT2D eigenvalue weighted by Crippen LogP contribution is 2.20. The predicted octanol–water partition coefficient (Wildman–Crippen LogP) is 0.341.